The van der Waals surface area contributed by atoms with Gasteiger partial charge in [0.05, 0.1) is 19.7 Å². The molecule has 2 aromatic carbocycles. The first kappa shape index (κ1) is 17.0. The number of benzene rings is 2. The third-order valence-electron chi connectivity index (χ3n) is 3.52. The van der Waals surface area contributed by atoms with E-state index in [-0.39, 0.29) is 12.4 Å². The lowest BCUT2D eigenvalue weighted by Crippen LogP contribution is -2.09. The maximum atomic E-state index is 12.0. The minimum Gasteiger partial charge on any atom is -0.493 e. The van der Waals surface area contributed by atoms with Gasteiger partial charge in [-0.15, -0.1) is 0 Å². The fraction of sp³-hybridized carbons (Fsp3) is 0.158. The van der Waals surface area contributed by atoms with Crippen molar-refractivity contribution in [2.75, 3.05) is 7.11 Å². The maximum Gasteiger partial charge on any atom is 0.311 e. The van der Waals surface area contributed by atoms with Gasteiger partial charge in [-0.1, -0.05) is 23.7 Å². The summed E-state index contributed by atoms with van der Waals surface area (Å²) in [7, 11) is 1.53. The molecule has 0 unspecified atom stereocenters. The zero-order valence-electron chi connectivity index (χ0n) is 13.6. The molecule has 0 bridgehead atoms. The molecule has 1 heterocycles. The van der Waals surface area contributed by atoms with Gasteiger partial charge in [0.2, 0.25) is 0 Å². The van der Waals surface area contributed by atoms with Crippen LogP contribution in [0.5, 0.6) is 11.5 Å². The molecule has 5 nitrogen and oxygen atoms in total. The van der Waals surface area contributed by atoms with Crippen molar-refractivity contribution in [1.29, 1.82) is 0 Å². The highest BCUT2D eigenvalue weighted by Gasteiger charge is 2.12. The number of aryl methyl sites for hydroxylation is 1. The average molecular weight is 358 g/mol. The van der Waals surface area contributed by atoms with Crippen LogP contribution in [0.1, 0.15) is 12.3 Å². The van der Waals surface area contributed by atoms with Crippen LogP contribution in [0.2, 0.25) is 5.02 Å². The summed E-state index contributed by atoms with van der Waals surface area (Å²) in [5.74, 6) is 1.63. The van der Waals surface area contributed by atoms with Gasteiger partial charge in [0.25, 0.3) is 0 Å². The van der Waals surface area contributed by atoms with Crippen LogP contribution < -0.4 is 9.47 Å². The molecule has 0 N–H and O–H groups in total. The smallest absolute Gasteiger partial charge is 0.311 e. The van der Waals surface area contributed by atoms with E-state index in [4.69, 9.17) is 25.5 Å². The van der Waals surface area contributed by atoms with Crippen molar-refractivity contribution in [3.05, 3.63) is 65.6 Å². The topological polar surface area (TPSA) is 61.6 Å². The van der Waals surface area contributed by atoms with Gasteiger partial charge in [-0.25, -0.2) is 4.98 Å². The maximum absolute atomic E-state index is 12.0. The van der Waals surface area contributed by atoms with Gasteiger partial charge >= 0.3 is 5.97 Å². The van der Waals surface area contributed by atoms with Crippen molar-refractivity contribution < 1.29 is 18.7 Å². The number of nitrogens with zero attached hydrogens (tertiary/aromatic N) is 1. The molecular weight excluding hydrogens is 342 g/mol. The Labute approximate surface area is 150 Å². The number of hydrogen-bond donors (Lipinski definition) is 0. The third kappa shape index (κ3) is 4.39. The van der Waals surface area contributed by atoms with Crippen molar-refractivity contribution in [3.63, 3.8) is 0 Å². The molecule has 1 aromatic heterocycles. The van der Waals surface area contributed by atoms with Gasteiger partial charge in [-0.05, 0) is 36.4 Å². The molecule has 0 radical (unpaired) electrons. The van der Waals surface area contributed by atoms with E-state index in [1.807, 2.05) is 12.1 Å². The van der Waals surface area contributed by atoms with Crippen LogP contribution in [0.4, 0.5) is 0 Å². The van der Waals surface area contributed by atoms with Crippen LogP contribution in [-0.4, -0.2) is 18.1 Å². The fourth-order valence-corrected chi connectivity index (χ4v) is 2.39. The highest BCUT2D eigenvalue weighted by atomic mass is 35.5. The number of ether oxygens (including phenoxy) is 2. The van der Waals surface area contributed by atoms with Gasteiger partial charge in [0.1, 0.15) is 0 Å². The summed E-state index contributed by atoms with van der Waals surface area (Å²) in [5, 5.41) is 0.655. The van der Waals surface area contributed by atoms with Crippen molar-refractivity contribution in [3.8, 4) is 22.8 Å². The van der Waals surface area contributed by atoms with E-state index < -0.39 is 0 Å². The number of methoxy groups -OCH3 is 1. The zero-order valence-corrected chi connectivity index (χ0v) is 14.3. The molecule has 0 saturated heterocycles. The molecule has 25 heavy (non-hydrogen) atoms. The van der Waals surface area contributed by atoms with Gasteiger partial charge in [0, 0.05) is 17.0 Å². The second kappa shape index (κ2) is 7.85. The number of rotatable bonds is 6. The largest absolute Gasteiger partial charge is 0.493 e. The second-order valence-corrected chi connectivity index (χ2v) is 5.69. The first-order valence-electron chi connectivity index (χ1n) is 7.70. The minimum atomic E-state index is -0.379. The molecule has 0 atom stereocenters. The Morgan fingerprint density at radius 2 is 1.84 bits per heavy atom. The highest BCUT2D eigenvalue weighted by Crippen LogP contribution is 2.26. The fourth-order valence-electron chi connectivity index (χ4n) is 2.26. The Bertz CT molecular complexity index is 858. The van der Waals surface area contributed by atoms with E-state index in [0.29, 0.717) is 34.6 Å². The van der Waals surface area contributed by atoms with Crippen LogP contribution in [-0.2, 0) is 11.2 Å². The standard InChI is InChI=1S/C19H16ClNO4/c1-23-15-4-2-3-5-16(15)25-19(22)11-10-18-21-12-17(24-18)13-6-8-14(20)9-7-13/h2-9,12H,10-11H2,1H3. The zero-order chi connectivity index (χ0) is 17.6. The SMILES string of the molecule is COc1ccccc1OC(=O)CCc1ncc(-c2ccc(Cl)cc2)o1. The summed E-state index contributed by atoms with van der Waals surface area (Å²) in [6, 6.07) is 14.3. The van der Waals surface area contributed by atoms with E-state index in [2.05, 4.69) is 4.98 Å². The number of hydrogen-bond acceptors (Lipinski definition) is 5. The number of carbonyl (C=O) groups excluding carboxylic acids is 1. The van der Waals surface area contributed by atoms with Crippen LogP contribution >= 0.6 is 11.6 Å². The number of aromatic nitrogens is 1. The first-order valence-corrected chi connectivity index (χ1v) is 8.08. The van der Waals surface area contributed by atoms with Gasteiger partial charge < -0.3 is 13.9 Å². The first-order chi connectivity index (χ1) is 12.2. The van der Waals surface area contributed by atoms with E-state index >= 15 is 0 Å². The van der Waals surface area contributed by atoms with Crippen molar-refractivity contribution in [1.82, 2.24) is 4.98 Å². The van der Waals surface area contributed by atoms with Gasteiger partial charge in [-0.3, -0.25) is 4.79 Å². The van der Waals surface area contributed by atoms with Crippen LogP contribution in [0.15, 0.2) is 59.1 Å². The molecule has 0 aliphatic rings. The number of oxazole rings is 1. The summed E-state index contributed by atoms with van der Waals surface area (Å²) in [6.45, 7) is 0. The number of esters is 1. The number of carbonyl (C=O) groups is 1. The molecule has 0 aliphatic heterocycles. The van der Waals surface area contributed by atoms with Crippen molar-refractivity contribution in [2.24, 2.45) is 0 Å². The molecule has 0 amide bonds. The summed E-state index contributed by atoms with van der Waals surface area (Å²) >= 11 is 5.87. The third-order valence-corrected chi connectivity index (χ3v) is 3.77. The number of para-hydroxylation sites is 2. The Morgan fingerprint density at radius 1 is 1.12 bits per heavy atom. The Morgan fingerprint density at radius 3 is 2.56 bits per heavy atom. The highest BCUT2D eigenvalue weighted by molar-refractivity contribution is 6.30. The normalized spacial score (nSPS) is 10.5. The second-order valence-electron chi connectivity index (χ2n) is 5.25. The summed E-state index contributed by atoms with van der Waals surface area (Å²) < 4.78 is 16.1. The Balaban J connectivity index is 1.58. The lowest BCUT2D eigenvalue weighted by Gasteiger charge is -2.08. The minimum absolute atomic E-state index is 0.151. The molecule has 3 rings (SSSR count). The average Bonchev–Trinajstić information content (AvgIpc) is 3.10. The molecule has 0 aliphatic carbocycles. The molecule has 128 valence electrons. The molecule has 0 spiro atoms. The van der Waals surface area contributed by atoms with Crippen LogP contribution in [0, 0.1) is 0 Å². The Hall–Kier alpha value is -2.79. The predicted octanol–water partition coefficient (Wildman–Crippen LogP) is 4.54. The van der Waals surface area contributed by atoms with E-state index in [0.717, 1.165) is 5.56 Å². The lowest BCUT2D eigenvalue weighted by molar-refractivity contribution is -0.134. The molecule has 6 heteroatoms. The van der Waals surface area contributed by atoms with E-state index in [1.54, 1.807) is 42.6 Å². The van der Waals surface area contributed by atoms with E-state index in [9.17, 15) is 4.79 Å². The van der Waals surface area contributed by atoms with Crippen molar-refractivity contribution in [2.45, 2.75) is 12.8 Å². The molecular formula is C19H16ClNO4. The van der Waals surface area contributed by atoms with Crippen molar-refractivity contribution >= 4 is 17.6 Å². The quantitative estimate of drug-likeness (QED) is 0.478. The van der Waals surface area contributed by atoms with Gasteiger partial charge in [0.15, 0.2) is 23.1 Å². The van der Waals surface area contributed by atoms with Crippen LogP contribution in [0.3, 0.4) is 0 Å². The Kier molecular flexibility index (Phi) is 5.36. The van der Waals surface area contributed by atoms with Gasteiger partial charge in [-0.2, -0.15) is 0 Å². The molecule has 0 saturated carbocycles. The number of halogens is 1. The van der Waals surface area contributed by atoms with E-state index in [1.165, 1.54) is 7.11 Å². The summed E-state index contributed by atoms with van der Waals surface area (Å²) in [4.78, 5) is 16.2. The molecule has 3 aromatic rings. The lowest BCUT2D eigenvalue weighted by atomic mass is 10.2. The predicted molar refractivity (Wildman–Crippen MR) is 93.9 cm³/mol. The summed E-state index contributed by atoms with van der Waals surface area (Å²) in [6.07, 6.45) is 2.13. The summed E-state index contributed by atoms with van der Waals surface area (Å²) in [5.41, 5.74) is 0.875. The molecule has 0 fully saturated rings. The monoisotopic (exact) mass is 357 g/mol. The van der Waals surface area contributed by atoms with Crippen LogP contribution in [0.25, 0.3) is 11.3 Å².